The Kier molecular flexibility index (Phi) is 4.78. The molecule has 1 aromatic heterocycles. The first-order valence-corrected chi connectivity index (χ1v) is 7.90. The standard InChI is InChI=1S/C18H21N2O2/c21-18(14-20-12-10-19-11-13-20)15-6-8-17(9-7-15)22-16-4-2-1-3-5-16/h6-13,16H,1-5,14H2/q+1. The summed E-state index contributed by atoms with van der Waals surface area (Å²) in [5, 5.41) is 0. The summed E-state index contributed by atoms with van der Waals surface area (Å²) in [5.74, 6) is 0.945. The molecular weight excluding hydrogens is 276 g/mol. The second-order valence-corrected chi connectivity index (χ2v) is 5.74. The van der Waals surface area contributed by atoms with Gasteiger partial charge in [0.1, 0.15) is 5.75 Å². The zero-order valence-corrected chi connectivity index (χ0v) is 12.6. The fraction of sp³-hybridized carbons (Fsp3) is 0.389. The van der Waals surface area contributed by atoms with E-state index in [2.05, 4.69) is 4.98 Å². The summed E-state index contributed by atoms with van der Waals surface area (Å²) in [7, 11) is 0. The minimum Gasteiger partial charge on any atom is -0.490 e. The first-order chi connectivity index (χ1) is 10.8. The van der Waals surface area contributed by atoms with E-state index in [0.717, 1.165) is 18.6 Å². The lowest BCUT2D eigenvalue weighted by atomic mass is 9.98. The van der Waals surface area contributed by atoms with E-state index in [4.69, 9.17) is 4.74 Å². The van der Waals surface area contributed by atoms with Crippen LogP contribution in [0.4, 0.5) is 0 Å². The van der Waals surface area contributed by atoms with E-state index in [9.17, 15) is 4.79 Å². The van der Waals surface area contributed by atoms with Crippen LogP contribution in [0.25, 0.3) is 0 Å². The number of aromatic nitrogens is 2. The van der Waals surface area contributed by atoms with Crippen LogP contribution in [0.1, 0.15) is 42.5 Å². The van der Waals surface area contributed by atoms with E-state index < -0.39 is 0 Å². The topological polar surface area (TPSA) is 43.1 Å². The molecule has 0 saturated heterocycles. The molecule has 4 nitrogen and oxygen atoms in total. The summed E-state index contributed by atoms with van der Waals surface area (Å²) in [6.45, 7) is 0.325. The fourth-order valence-corrected chi connectivity index (χ4v) is 2.80. The fourth-order valence-electron chi connectivity index (χ4n) is 2.80. The molecular formula is C18H21N2O2+. The van der Waals surface area contributed by atoms with Crippen molar-refractivity contribution in [2.24, 2.45) is 0 Å². The van der Waals surface area contributed by atoms with E-state index >= 15 is 0 Å². The van der Waals surface area contributed by atoms with Gasteiger partial charge in [-0.1, -0.05) is 6.42 Å². The summed E-state index contributed by atoms with van der Waals surface area (Å²) in [4.78, 5) is 16.2. The molecule has 1 saturated carbocycles. The van der Waals surface area contributed by atoms with Crippen LogP contribution in [0.15, 0.2) is 49.1 Å². The lowest BCUT2D eigenvalue weighted by Gasteiger charge is -2.22. The Morgan fingerprint density at radius 3 is 2.45 bits per heavy atom. The van der Waals surface area contributed by atoms with Crippen LogP contribution in [0, 0.1) is 0 Å². The second kappa shape index (κ2) is 7.16. The average Bonchev–Trinajstić information content (AvgIpc) is 2.57. The van der Waals surface area contributed by atoms with Crippen molar-refractivity contribution in [2.75, 3.05) is 0 Å². The number of nitrogens with zero attached hydrogens (tertiary/aromatic N) is 2. The number of benzene rings is 1. The predicted octanol–water partition coefficient (Wildman–Crippen LogP) is 2.96. The summed E-state index contributed by atoms with van der Waals surface area (Å²) in [5.41, 5.74) is 0.709. The largest absolute Gasteiger partial charge is 0.490 e. The quantitative estimate of drug-likeness (QED) is 0.629. The number of hydrogen-bond acceptors (Lipinski definition) is 3. The van der Waals surface area contributed by atoms with Crippen LogP contribution in [0.5, 0.6) is 5.75 Å². The Labute approximate surface area is 130 Å². The molecule has 0 unspecified atom stereocenters. The van der Waals surface area contributed by atoms with Crippen molar-refractivity contribution in [3.05, 3.63) is 54.6 Å². The van der Waals surface area contributed by atoms with Crippen LogP contribution in [-0.4, -0.2) is 16.9 Å². The lowest BCUT2D eigenvalue weighted by Crippen LogP contribution is -2.37. The number of carbonyl (C=O) groups excluding carboxylic acids is 1. The normalized spacial score (nSPS) is 15.5. The summed E-state index contributed by atoms with van der Waals surface area (Å²) >= 11 is 0. The number of Topliss-reactive ketones (excluding diaryl/α,β-unsaturated/α-hetero) is 1. The van der Waals surface area contributed by atoms with Crippen LogP contribution in [0.2, 0.25) is 0 Å². The molecule has 0 amide bonds. The molecule has 1 aromatic carbocycles. The number of rotatable bonds is 5. The number of ether oxygens (including phenoxy) is 1. The molecule has 1 aliphatic carbocycles. The molecule has 0 bridgehead atoms. The van der Waals surface area contributed by atoms with Crippen molar-refractivity contribution in [2.45, 2.75) is 44.8 Å². The molecule has 0 atom stereocenters. The third-order valence-corrected chi connectivity index (χ3v) is 4.05. The third-order valence-electron chi connectivity index (χ3n) is 4.05. The maximum Gasteiger partial charge on any atom is 0.227 e. The third kappa shape index (κ3) is 3.91. The number of hydrogen-bond donors (Lipinski definition) is 0. The summed E-state index contributed by atoms with van der Waals surface area (Å²) < 4.78 is 7.80. The molecule has 3 rings (SSSR count). The second-order valence-electron chi connectivity index (χ2n) is 5.74. The number of carbonyl (C=O) groups is 1. The highest BCUT2D eigenvalue weighted by Gasteiger charge is 2.16. The van der Waals surface area contributed by atoms with Gasteiger partial charge in [-0.2, -0.15) is 4.57 Å². The van der Waals surface area contributed by atoms with E-state index in [1.54, 1.807) is 24.8 Å². The lowest BCUT2D eigenvalue weighted by molar-refractivity contribution is -0.683. The molecule has 0 radical (unpaired) electrons. The first kappa shape index (κ1) is 14.7. The Balaban J connectivity index is 1.59. The van der Waals surface area contributed by atoms with Crippen molar-refractivity contribution in [3.8, 4) is 5.75 Å². The van der Waals surface area contributed by atoms with Gasteiger partial charge in [0.15, 0.2) is 12.4 Å². The van der Waals surface area contributed by atoms with Crippen molar-refractivity contribution in [3.63, 3.8) is 0 Å². The minimum atomic E-state index is 0.0837. The molecule has 1 fully saturated rings. The highest BCUT2D eigenvalue weighted by molar-refractivity contribution is 5.95. The van der Waals surface area contributed by atoms with Gasteiger partial charge >= 0.3 is 0 Å². The Morgan fingerprint density at radius 2 is 1.77 bits per heavy atom. The molecule has 1 aliphatic rings. The highest BCUT2D eigenvalue weighted by Crippen LogP contribution is 2.23. The molecule has 2 aromatic rings. The number of ketones is 1. The minimum absolute atomic E-state index is 0.0837. The van der Waals surface area contributed by atoms with Gasteiger partial charge in [-0.15, -0.1) is 0 Å². The molecule has 0 spiro atoms. The Morgan fingerprint density at radius 1 is 1.09 bits per heavy atom. The van der Waals surface area contributed by atoms with Gasteiger partial charge < -0.3 is 4.74 Å². The van der Waals surface area contributed by atoms with Gasteiger partial charge in [-0.3, -0.25) is 9.78 Å². The zero-order chi connectivity index (χ0) is 15.2. The average molecular weight is 297 g/mol. The molecule has 22 heavy (non-hydrogen) atoms. The van der Waals surface area contributed by atoms with Crippen LogP contribution in [0.3, 0.4) is 0 Å². The van der Waals surface area contributed by atoms with E-state index in [-0.39, 0.29) is 5.78 Å². The van der Waals surface area contributed by atoms with Gasteiger partial charge in [-0.05, 0) is 49.9 Å². The molecule has 1 heterocycles. The monoisotopic (exact) mass is 297 g/mol. The predicted molar refractivity (Wildman–Crippen MR) is 82.7 cm³/mol. The van der Waals surface area contributed by atoms with Crippen molar-refractivity contribution in [1.82, 2.24) is 4.98 Å². The van der Waals surface area contributed by atoms with Gasteiger partial charge in [0.2, 0.25) is 12.3 Å². The summed E-state index contributed by atoms with van der Waals surface area (Å²) in [6, 6.07) is 7.50. The molecule has 0 N–H and O–H groups in total. The highest BCUT2D eigenvalue weighted by atomic mass is 16.5. The van der Waals surface area contributed by atoms with Crippen molar-refractivity contribution < 1.29 is 14.1 Å². The zero-order valence-electron chi connectivity index (χ0n) is 12.6. The Bertz CT molecular complexity index is 605. The first-order valence-electron chi connectivity index (χ1n) is 7.90. The Hall–Kier alpha value is -2.23. The summed E-state index contributed by atoms with van der Waals surface area (Å²) in [6.07, 6.45) is 13.4. The molecule has 114 valence electrons. The smallest absolute Gasteiger partial charge is 0.227 e. The van der Waals surface area contributed by atoms with Gasteiger partial charge in [-0.25, -0.2) is 0 Å². The van der Waals surface area contributed by atoms with Gasteiger partial charge in [0.05, 0.1) is 18.5 Å². The molecule has 4 heteroatoms. The van der Waals surface area contributed by atoms with Crippen molar-refractivity contribution >= 4 is 5.78 Å². The maximum atomic E-state index is 12.2. The van der Waals surface area contributed by atoms with Crippen LogP contribution < -0.4 is 9.30 Å². The van der Waals surface area contributed by atoms with Crippen LogP contribution >= 0.6 is 0 Å². The van der Waals surface area contributed by atoms with Crippen molar-refractivity contribution in [1.29, 1.82) is 0 Å². The maximum absolute atomic E-state index is 12.2. The van der Waals surface area contributed by atoms with Crippen LogP contribution in [-0.2, 0) is 6.54 Å². The van der Waals surface area contributed by atoms with E-state index in [0.29, 0.717) is 18.2 Å². The SMILES string of the molecule is O=C(C[n+]1ccncc1)c1ccc(OC2CCCCC2)cc1. The van der Waals surface area contributed by atoms with E-state index in [1.165, 1.54) is 19.3 Å². The van der Waals surface area contributed by atoms with Gasteiger partial charge in [0, 0.05) is 5.56 Å². The molecule has 0 aliphatic heterocycles. The van der Waals surface area contributed by atoms with E-state index in [1.807, 2.05) is 28.8 Å². The van der Waals surface area contributed by atoms with Gasteiger partial charge in [0.25, 0.3) is 0 Å².